The van der Waals surface area contributed by atoms with Gasteiger partial charge in [-0.15, -0.1) is 0 Å². The topological polar surface area (TPSA) is 94.2 Å². The summed E-state index contributed by atoms with van der Waals surface area (Å²) in [6.45, 7) is 1.23. The molecule has 1 aliphatic heterocycles. The molecule has 8 nitrogen and oxygen atoms in total. The van der Waals surface area contributed by atoms with Crippen LogP contribution in [0.1, 0.15) is 46.5 Å². The Balaban J connectivity index is 1.29. The van der Waals surface area contributed by atoms with E-state index in [-0.39, 0.29) is 11.8 Å². The molecule has 3 aromatic heterocycles. The second-order valence-electron chi connectivity index (χ2n) is 8.28. The fourth-order valence-electron chi connectivity index (χ4n) is 4.30. The number of benzene rings is 1. The highest BCUT2D eigenvalue weighted by Crippen LogP contribution is 2.29. The Hall–Kier alpha value is -4.07. The predicted octanol–water partition coefficient (Wildman–Crippen LogP) is 4.15. The number of nitrogens with zero attached hydrogens (tertiary/aromatic N) is 5. The molecule has 0 N–H and O–H groups in total. The number of oxazole rings is 1. The summed E-state index contributed by atoms with van der Waals surface area (Å²) in [5.74, 6) is 2.23. The molecule has 1 aliphatic rings. The van der Waals surface area contributed by atoms with E-state index in [1.54, 1.807) is 31.8 Å². The van der Waals surface area contributed by atoms with Crippen LogP contribution in [0.5, 0.6) is 5.75 Å². The molecule has 0 bridgehead atoms. The molecular weight excluding hydrogens is 430 g/mol. The largest absolute Gasteiger partial charge is 0.496 e. The molecule has 4 aromatic rings. The minimum atomic E-state index is -0.0933. The number of carbonyl (C=O) groups excluding carboxylic acids is 1. The number of hydrogen-bond acceptors (Lipinski definition) is 7. The first-order valence-electron chi connectivity index (χ1n) is 11.3. The van der Waals surface area contributed by atoms with Crippen molar-refractivity contribution in [3.05, 3.63) is 90.3 Å². The maximum atomic E-state index is 13.2. The van der Waals surface area contributed by atoms with Gasteiger partial charge < -0.3 is 14.1 Å². The first kappa shape index (κ1) is 21.8. The van der Waals surface area contributed by atoms with E-state index >= 15 is 0 Å². The fourth-order valence-corrected chi connectivity index (χ4v) is 4.30. The van der Waals surface area contributed by atoms with Gasteiger partial charge in [0.05, 0.1) is 24.9 Å². The molecule has 172 valence electrons. The van der Waals surface area contributed by atoms with E-state index in [2.05, 4.69) is 19.9 Å². The molecule has 8 heteroatoms. The molecule has 0 aliphatic carbocycles. The second-order valence-corrected chi connectivity index (χ2v) is 8.28. The summed E-state index contributed by atoms with van der Waals surface area (Å²) in [6, 6.07) is 13.3. The minimum Gasteiger partial charge on any atom is -0.496 e. The van der Waals surface area contributed by atoms with Crippen LogP contribution in [0.4, 0.5) is 0 Å². The summed E-state index contributed by atoms with van der Waals surface area (Å²) in [5.41, 5.74) is 2.90. The molecule has 1 aromatic carbocycles. The van der Waals surface area contributed by atoms with Gasteiger partial charge in [0.25, 0.3) is 5.91 Å². The van der Waals surface area contributed by atoms with Gasteiger partial charge in [-0.3, -0.25) is 4.79 Å². The van der Waals surface area contributed by atoms with Crippen molar-refractivity contribution in [1.82, 2.24) is 24.8 Å². The van der Waals surface area contributed by atoms with E-state index in [0.717, 1.165) is 35.5 Å². The molecule has 5 rings (SSSR count). The summed E-state index contributed by atoms with van der Waals surface area (Å²) in [7, 11) is 1.66. The molecule has 0 spiro atoms. The van der Waals surface area contributed by atoms with Crippen LogP contribution in [-0.2, 0) is 6.42 Å². The molecule has 1 unspecified atom stereocenters. The lowest BCUT2D eigenvalue weighted by molar-refractivity contribution is 0.0692. The highest BCUT2D eigenvalue weighted by molar-refractivity contribution is 5.93. The lowest BCUT2D eigenvalue weighted by Gasteiger charge is -2.31. The van der Waals surface area contributed by atoms with Gasteiger partial charge in [-0.05, 0) is 31.0 Å². The zero-order valence-electron chi connectivity index (χ0n) is 18.9. The SMILES string of the molecule is COc1ccccc1Cc1cnc(C2CCCN(C(=O)c3cccc(-c4cncnc4)n3)C2)o1. The average molecular weight is 456 g/mol. The Kier molecular flexibility index (Phi) is 6.29. The molecule has 0 saturated carbocycles. The van der Waals surface area contributed by atoms with Crippen LogP contribution < -0.4 is 4.74 Å². The smallest absolute Gasteiger partial charge is 0.272 e. The molecule has 1 atom stereocenters. The first-order valence-corrected chi connectivity index (χ1v) is 11.3. The summed E-state index contributed by atoms with van der Waals surface area (Å²) in [5, 5.41) is 0. The van der Waals surface area contributed by atoms with Gasteiger partial charge in [-0.2, -0.15) is 0 Å². The number of likely N-dealkylation sites (tertiary alicyclic amines) is 1. The Bertz CT molecular complexity index is 1270. The Morgan fingerprint density at radius 3 is 2.82 bits per heavy atom. The Morgan fingerprint density at radius 1 is 1.12 bits per heavy atom. The van der Waals surface area contributed by atoms with Crippen molar-refractivity contribution in [2.45, 2.75) is 25.2 Å². The van der Waals surface area contributed by atoms with Gasteiger partial charge in [-0.1, -0.05) is 24.3 Å². The van der Waals surface area contributed by atoms with Crippen LogP contribution in [0, 0.1) is 0 Å². The number of rotatable bonds is 6. The summed E-state index contributed by atoms with van der Waals surface area (Å²) in [4.78, 5) is 32.3. The van der Waals surface area contributed by atoms with Crippen molar-refractivity contribution < 1.29 is 13.9 Å². The number of para-hydroxylation sites is 1. The number of pyridine rings is 1. The van der Waals surface area contributed by atoms with Crippen molar-refractivity contribution >= 4 is 5.91 Å². The van der Waals surface area contributed by atoms with E-state index in [1.807, 2.05) is 41.3 Å². The maximum absolute atomic E-state index is 13.2. The molecular formula is C26H25N5O3. The third-order valence-corrected chi connectivity index (χ3v) is 6.01. The normalized spacial score (nSPS) is 15.8. The highest BCUT2D eigenvalue weighted by Gasteiger charge is 2.29. The van der Waals surface area contributed by atoms with Gasteiger partial charge in [0.1, 0.15) is 23.5 Å². The van der Waals surface area contributed by atoms with Crippen LogP contribution in [-0.4, -0.2) is 50.9 Å². The average Bonchev–Trinajstić information content (AvgIpc) is 3.38. The number of aromatic nitrogens is 4. The van der Waals surface area contributed by atoms with Crippen molar-refractivity contribution in [3.63, 3.8) is 0 Å². The van der Waals surface area contributed by atoms with Crippen LogP contribution in [0.25, 0.3) is 11.3 Å². The van der Waals surface area contributed by atoms with Gasteiger partial charge in [0.15, 0.2) is 5.89 Å². The van der Waals surface area contributed by atoms with E-state index in [1.165, 1.54) is 6.33 Å². The fraction of sp³-hybridized carbons (Fsp3) is 0.269. The number of ether oxygens (including phenoxy) is 1. The number of amides is 1. The third-order valence-electron chi connectivity index (χ3n) is 6.01. The van der Waals surface area contributed by atoms with E-state index in [0.29, 0.717) is 36.8 Å². The van der Waals surface area contributed by atoms with Crippen molar-refractivity contribution in [2.24, 2.45) is 0 Å². The zero-order chi connectivity index (χ0) is 23.3. The third kappa shape index (κ3) is 4.66. The van der Waals surface area contributed by atoms with Gasteiger partial charge in [-0.25, -0.2) is 19.9 Å². The molecule has 0 radical (unpaired) electrons. The van der Waals surface area contributed by atoms with Crippen molar-refractivity contribution in [2.75, 3.05) is 20.2 Å². The van der Waals surface area contributed by atoms with Crippen LogP contribution in [0.2, 0.25) is 0 Å². The summed E-state index contributed by atoms with van der Waals surface area (Å²) < 4.78 is 11.5. The number of methoxy groups -OCH3 is 1. The molecule has 1 fully saturated rings. The summed E-state index contributed by atoms with van der Waals surface area (Å²) in [6.07, 6.45) is 9.02. The van der Waals surface area contributed by atoms with Crippen LogP contribution >= 0.6 is 0 Å². The predicted molar refractivity (Wildman–Crippen MR) is 125 cm³/mol. The molecule has 4 heterocycles. The molecule has 1 amide bonds. The number of carbonyl (C=O) groups is 1. The molecule has 1 saturated heterocycles. The first-order chi connectivity index (χ1) is 16.7. The van der Waals surface area contributed by atoms with Crippen LogP contribution in [0.3, 0.4) is 0 Å². The standard InChI is InChI=1S/C26H25N5O3/c1-33-24-10-3-2-6-18(24)12-21-15-29-25(34-21)19-7-5-11-31(16-19)26(32)23-9-4-8-22(30-23)20-13-27-17-28-14-20/h2-4,6,8-10,13-15,17,19H,5,7,11-12,16H2,1H3. The lowest BCUT2D eigenvalue weighted by Crippen LogP contribution is -2.39. The van der Waals surface area contributed by atoms with Gasteiger partial charge >= 0.3 is 0 Å². The zero-order valence-corrected chi connectivity index (χ0v) is 18.9. The van der Waals surface area contributed by atoms with Gasteiger partial charge in [0.2, 0.25) is 0 Å². The lowest BCUT2D eigenvalue weighted by atomic mass is 9.97. The van der Waals surface area contributed by atoms with E-state index in [4.69, 9.17) is 9.15 Å². The van der Waals surface area contributed by atoms with E-state index < -0.39 is 0 Å². The van der Waals surface area contributed by atoms with E-state index in [9.17, 15) is 4.79 Å². The Labute approximate surface area is 197 Å². The van der Waals surface area contributed by atoms with Gasteiger partial charge in [0, 0.05) is 43.0 Å². The molecule has 34 heavy (non-hydrogen) atoms. The van der Waals surface area contributed by atoms with Crippen molar-refractivity contribution in [3.8, 4) is 17.0 Å². The highest BCUT2D eigenvalue weighted by atomic mass is 16.5. The van der Waals surface area contributed by atoms with Crippen molar-refractivity contribution in [1.29, 1.82) is 0 Å². The second kappa shape index (κ2) is 9.82. The number of hydrogen-bond donors (Lipinski definition) is 0. The monoisotopic (exact) mass is 455 g/mol. The maximum Gasteiger partial charge on any atom is 0.272 e. The van der Waals surface area contributed by atoms with Crippen LogP contribution in [0.15, 0.2) is 71.8 Å². The Morgan fingerprint density at radius 2 is 1.97 bits per heavy atom. The minimum absolute atomic E-state index is 0.0508. The quantitative estimate of drug-likeness (QED) is 0.431. The summed E-state index contributed by atoms with van der Waals surface area (Å²) >= 11 is 0. The number of piperidine rings is 1.